The number of anilines is 1. The SMILES string of the molecule is CC(C)(C)N=C(N)Nc1ccccc1C(C)(C)C. The summed E-state index contributed by atoms with van der Waals surface area (Å²) in [5.41, 5.74) is 8.10. The zero-order valence-corrected chi connectivity index (χ0v) is 12.3. The molecule has 0 aliphatic heterocycles. The van der Waals surface area contributed by atoms with Gasteiger partial charge in [0.15, 0.2) is 5.96 Å². The van der Waals surface area contributed by atoms with Gasteiger partial charge in [0.05, 0.1) is 5.54 Å². The van der Waals surface area contributed by atoms with Crippen molar-refractivity contribution in [2.45, 2.75) is 52.5 Å². The molecule has 0 unspecified atom stereocenters. The highest BCUT2D eigenvalue weighted by Gasteiger charge is 2.18. The monoisotopic (exact) mass is 247 g/mol. The summed E-state index contributed by atoms with van der Waals surface area (Å²) in [6.45, 7) is 12.6. The molecule has 3 nitrogen and oxygen atoms in total. The number of nitrogens with zero attached hydrogens (tertiary/aromatic N) is 1. The van der Waals surface area contributed by atoms with E-state index in [2.05, 4.69) is 37.1 Å². The Morgan fingerprint density at radius 1 is 1.06 bits per heavy atom. The highest BCUT2D eigenvalue weighted by molar-refractivity contribution is 5.93. The van der Waals surface area contributed by atoms with E-state index in [1.807, 2.05) is 39.0 Å². The van der Waals surface area contributed by atoms with Crippen LogP contribution >= 0.6 is 0 Å². The highest BCUT2D eigenvalue weighted by atomic mass is 15.1. The van der Waals surface area contributed by atoms with Gasteiger partial charge in [-0.15, -0.1) is 0 Å². The Morgan fingerprint density at radius 3 is 2.11 bits per heavy atom. The molecule has 0 aromatic heterocycles. The molecule has 3 N–H and O–H groups in total. The molecule has 0 aliphatic carbocycles. The van der Waals surface area contributed by atoms with Crippen LogP contribution in [-0.2, 0) is 5.41 Å². The second-order valence-electron chi connectivity index (χ2n) is 6.59. The summed E-state index contributed by atoms with van der Waals surface area (Å²) in [7, 11) is 0. The minimum atomic E-state index is -0.173. The number of nitrogens with two attached hydrogens (primary N) is 1. The minimum Gasteiger partial charge on any atom is -0.370 e. The highest BCUT2D eigenvalue weighted by Crippen LogP contribution is 2.29. The molecule has 0 saturated heterocycles. The molecule has 0 heterocycles. The number of nitrogens with one attached hydrogen (secondary N) is 1. The Morgan fingerprint density at radius 2 is 1.61 bits per heavy atom. The third kappa shape index (κ3) is 4.40. The van der Waals surface area contributed by atoms with Crippen LogP contribution in [0.2, 0.25) is 0 Å². The second-order valence-corrected chi connectivity index (χ2v) is 6.59. The Balaban J connectivity index is 3.03. The number of hydrogen-bond acceptors (Lipinski definition) is 1. The maximum absolute atomic E-state index is 5.94. The van der Waals surface area contributed by atoms with Crippen molar-refractivity contribution in [1.29, 1.82) is 0 Å². The molecule has 100 valence electrons. The lowest BCUT2D eigenvalue weighted by Gasteiger charge is -2.23. The van der Waals surface area contributed by atoms with E-state index in [4.69, 9.17) is 5.73 Å². The van der Waals surface area contributed by atoms with Gasteiger partial charge in [0.2, 0.25) is 0 Å². The third-order valence-electron chi connectivity index (χ3n) is 2.45. The first-order chi connectivity index (χ1) is 8.09. The molecular weight excluding hydrogens is 222 g/mol. The first-order valence-electron chi connectivity index (χ1n) is 6.31. The lowest BCUT2D eigenvalue weighted by molar-refractivity contribution is 0.582. The van der Waals surface area contributed by atoms with Crippen molar-refractivity contribution in [1.82, 2.24) is 0 Å². The lowest BCUT2D eigenvalue weighted by atomic mass is 9.86. The topological polar surface area (TPSA) is 50.4 Å². The van der Waals surface area contributed by atoms with Gasteiger partial charge in [-0.25, -0.2) is 4.99 Å². The summed E-state index contributed by atoms with van der Waals surface area (Å²) in [4.78, 5) is 4.41. The zero-order valence-electron chi connectivity index (χ0n) is 12.3. The zero-order chi connectivity index (χ0) is 14.0. The summed E-state index contributed by atoms with van der Waals surface area (Å²) in [6, 6.07) is 8.20. The van der Waals surface area contributed by atoms with Crippen LogP contribution in [0.1, 0.15) is 47.1 Å². The van der Waals surface area contributed by atoms with Crippen molar-refractivity contribution in [3.05, 3.63) is 29.8 Å². The molecule has 1 rings (SSSR count). The molecule has 0 radical (unpaired) electrons. The average molecular weight is 247 g/mol. The molecule has 0 amide bonds. The van der Waals surface area contributed by atoms with Gasteiger partial charge in [-0.3, -0.25) is 0 Å². The Bertz CT molecular complexity index is 434. The van der Waals surface area contributed by atoms with Gasteiger partial charge in [0, 0.05) is 5.69 Å². The smallest absolute Gasteiger partial charge is 0.193 e. The van der Waals surface area contributed by atoms with Crippen LogP contribution in [-0.4, -0.2) is 11.5 Å². The molecule has 0 bridgehead atoms. The van der Waals surface area contributed by atoms with Gasteiger partial charge < -0.3 is 11.1 Å². The Hall–Kier alpha value is -1.51. The van der Waals surface area contributed by atoms with Gasteiger partial charge >= 0.3 is 0 Å². The molecule has 0 spiro atoms. The molecule has 3 heteroatoms. The van der Waals surface area contributed by atoms with Crippen LogP contribution < -0.4 is 11.1 Å². The van der Waals surface area contributed by atoms with Crippen LogP contribution in [0.3, 0.4) is 0 Å². The van der Waals surface area contributed by atoms with Crippen molar-refractivity contribution in [3.8, 4) is 0 Å². The Labute approximate surface area is 111 Å². The van der Waals surface area contributed by atoms with Crippen LogP contribution in [0.4, 0.5) is 5.69 Å². The predicted molar refractivity (Wildman–Crippen MR) is 80.1 cm³/mol. The van der Waals surface area contributed by atoms with Crippen molar-refractivity contribution in [3.63, 3.8) is 0 Å². The van der Waals surface area contributed by atoms with Crippen molar-refractivity contribution < 1.29 is 0 Å². The van der Waals surface area contributed by atoms with Crippen LogP contribution in [0.15, 0.2) is 29.3 Å². The van der Waals surface area contributed by atoms with Crippen molar-refractivity contribution >= 4 is 11.6 Å². The fourth-order valence-corrected chi connectivity index (χ4v) is 1.77. The van der Waals surface area contributed by atoms with Crippen LogP contribution in [0.25, 0.3) is 0 Å². The van der Waals surface area contributed by atoms with E-state index in [0.29, 0.717) is 5.96 Å². The average Bonchev–Trinajstić information content (AvgIpc) is 2.13. The number of benzene rings is 1. The fourth-order valence-electron chi connectivity index (χ4n) is 1.77. The maximum Gasteiger partial charge on any atom is 0.193 e. The summed E-state index contributed by atoms with van der Waals surface area (Å²) < 4.78 is 0. The quantitative estimate of drug-likeness (QED) is 0.589. The molecule has 0 atom stereocenters. The number of hydrogen-bond donors (Lipinski definition) is 2. The number of rotatable bonds is 1. The molecule has 1 aromatic carbocycles. The third-order valence-corrected chi connectivity index (χ3v) is 2.45. The molecule has 0 aliphatic rings. The normalized spacial score (nSPS) is 13.6. The van der Waals surface area contributed by atoms with Crippen molar-refractivity contribution in [2.75, 3.05) is 5.32 Å². The van der Waals surface area contributed by atoms with Crippen molar-refractivity contribution in [2.24, 2.45) is 10.7 Å². The first-order valence-corrected chi connectivity index (χ1v) is 6.31. The van der Waals surface area contributed by atoms with E-state index in [1.54, 1.807) is 0 Å². The minimum absolute atomic E-state index is 0.0750. The number of para-hydroxylation sites is 1. The maximum atomic E-state index is 5.94. The summed E-state index contributed by atoms with van der Waals surface area (Å²) >= 11 is 0. The van der Waals surface area contributed by atoms with E-state index in [-0.39, 0.29) is 11.0 Å². The first kappa shape index (κ1) is 14.6. The largest absolute Gasteiger partial charge is 0.370 e. The molecular formula is C15H25N3. The summed E-state index contributed by atoms with van der Waals surface area (Å²) in [6.07, 6.45) is 0. The number of aliphatic imine (C=N–C) groups is 1. The van der Waals surface area contributed by atoms with E-state index in [1.165, 1.54) is 5.56 Å². The fraction of sp³-hybridized carbons (Fsp3) is 0.533. The van der Waals surface area contributed by atoms with Crippen LogP contribution in [0.5, 0.6) is 0 Å². The molecule has 18 heavy (non-hydrogen) atoms. The van der Waals surface area contributed by atoms with Gasteiger partial charge in [0.25, 0.3) is 0 Å². The molecule has 1 aromatic rings. The molecule has 0 saturated carbocycles. The van der Waals surface area contributed by atoms with E-state index in [9.17, 15) is 0 Å². The van der Waals surface area contributed by atoms with Gasteiger partial charge in [-0.2, -0.15) is 0 Å². The predicted octanol–water partition coefficient (Wildman–Crippen LogP) is 3.51. The lowest BCUT2D eigenvalue weighted by Crippen LogP contribution is -2.28. The van der Waals surface area contributed by atoms with Gasteiger partial charge in [-0.05, 0) is 37.8 Å². The summed E-state index contributed by atoms with van der Waals surface area (Å²) in [5.74, 6) is 0.458. The van der Waals surface area contributed by atoms with E-state index in [0.717, 1.165) is 5.69 Å². The number of guanidine groups is 1. The van der Waals surface area contributed by atoms with E-state index >= 15 is 0 Å². The van der Waals surface area contributed by atoms with E-state index < -0.39 is 0 Å². The molecule has 0 fully saturated rings. The standard InChI is InChI=1S/C15H25N3/c1-14(2,3)11-9-7-8-10-12(11)17-13(16)18-15(4,5)6/h7-10H,1-6H3,(H3,16,17,18). The van der Waals surface area contributed by atoms with Crippen LogP contribution in [0, 0.1) is 0 Å². The second kappa shape index (κ2) is 5.01. The van der Waals surface area contributed by atoms with Gasteiger partial charge in [0.1, 0.15) is 0 Å². The Kier molecular flexibility index (Phi) is 4.05. The van der Waals surface area contributed by atoms with Gasteiger partial charge in [-0.1, -0.05) is 39.0 Å². The summed E-state index contributed by atoms with van der Waals surface area (Å²) in [5, 5.41) is 3.20.